The average molecular weight is 230 g/mol. The van der Waals surface area contributed by atoms with Crippen LogP contribution in [0.5, 0.6) is 0 Å². The Kier molecular flexibility index (Phi) is 6.37. The quantitative estimate of drug-likeness (QED) is 0.669. The van der Waals surface area contributed by atoms with Crippen molar-refractivity contribution in [2.75, 3.05) is 32.9 Å². The molecule has 5 heteroatoms. The van der Waals surface area contributed by atoms with Gasteiger partial charge in [-0.15, -0.1) is 0 Å². The zero-order valence-corrected chi connectivity index (χ0v) is 10.1. The van der Waals surface area contributed by atoms with Gasteiger partial charge >= 0.3 is 0 Å². The average Bonchev–Trinajstić information content (AvgIpc) is 2.27. The van der Waals surface area contributed by atoms with E-state index < -0.39 is 0 Å². The van der Waals surface area contributed by atoms with Gasteiger partial charge in [-0.25, -0.2) is 0 Å². The lowest BCUT2D eigenvalue weighted by Gasteiger charge is -2.23. The number of morpholine rings is 1. The van der Waals surface area contributed by atoms with Crippen LogP contribution in [0.3, 0.4) is 0 Å². The van der Waals surface area contributed by atoms with Gasteiger partial charge in [-0.1, -0.05) is 0 Å². The molecule has 94 valence electrons. The third-order valence-corrected chi connectivity index (χ3v) is 2.40. The van der Waals surface area contributed by atoms with E-state index in [9.17, 15) is 4.79 Å². The highest BCUT2D eigenvalue weighted by atomic mass is 16.5. The Hall–Kier alpha value is -0.650. The molecule has 1 heterocycles. The zero-order valence-electron chi connectivity index (χ0n) is 10.1. The second-order valence-corrected chi connectivity index (χ2v) is 4.03. The summed E-state index contributed by atoms with van der Waals surface area (Å²) in [6, 6.07) is 0.0593. The molecule has 0 aromatic rings. The highest BCUT2D eigenvalue weighted by molar-refractivity contribution is 5.76. The number of carbonyl (C=O) groups excluding carboxylic acids is 1. The summed E-state index contributed by atoms with van der Waals surface area (Å²) in [7, 11) is 0. The number of amides is 1. The molecule has 0 saturated carbocycles. The predicted molar refractivity (Wildman–Crippen MR) is 61.3 cm³/mol. The summed E-state index contributed by atoms with van der Waals surface area (Å²) < 4.78 is 10.7. The van der Waals surface area contributed by atoms with Gasteiger partial charge in [0.05, 0.1) is 25.7 Å². The minimum absolute atomic E-state index is 0.00745. The molecule has 1 fully saturated rings. The first kappa shape index (κ1) is 13.4. The van der Waals surface area contributed by atoms with Crippen LogP contribution in [0.25, 0.3) is 0 Å². The summed E-state index contributed by atoms with van der Waals surface area (Å²) in [5.74, 6) is 0.0286. The first-order valence-corrected chi connectivity index (χ1v) is 5.91. The standard InChI is InChI=1S/C11H22N2O3/c1-3-15-8-9(2)13-11(14)6-10-7-12-4-5-16-10/h9-10,12H,3-8H2,1-2H3,(H,13,14). The van der Waals surface area contributed by atoms with E-state index in [-0.39, 0.29) is 18.1 Å². The summed E-state index contributed by atoms with van der Waals surface area (Å²) in [4.78, 5) is 11.6. The van der Waals surface area contributed by atoms with Gasteiger partial charge < -0.3 is 20.1 Å². The van der Waals surface area contributed by atoms with Crippen LogP contribution in [0, 0.1) is 0 Å². The summed E-state index contributed by atoms with van der Waals surface area (Å²) in [5.41, 5.74) is 0. The molecule has 0 aliphatic carbocycles. The number of ether oxygens (including phenoxy) is 2. The Morgan fingerprint density at radius 1 is 1.69 bits per heavy atom. The fourth-order valence-corrected chi connectivity index (χ4v) is 1.63. The molecular weight excluding hydrogens is 208 g/mol. The number of nitrogens with one attached hydrogen (secondary N) is 2. The molecule has 2 N–H and O–H groups in total. The second kappa shape index (κ2) is 7.60. The lowest BCUT2D eigenvalue weighted by atomic mass is 10.2. The molecule has 16 heavy (non-hydrogen) atoms. The Balaban J connectivity index is 2.13. The minimum Gasteiger partial charge on any atom is -0.380 e. The fourth-order valence-electron chi connectivity index (χ4n) is 1.63. The van der Waals surface area contributed by atoms with Crippen LogP contribution in [0.2, 0.25) is 0 Å². The molecule has 0 aromatic carbocycles. The topological polar surface area (TPSA) is 59.6 Å². The van der Waals surface area contributed by atoms with E-state index in [1.54, 1.807) is 0 Å². The highest BCUT2D eigenvalue weighted by Crippen LogP contribution is 2.01. The molecule has 1 aliphatic rings. The van der Waals surface area contributed by atoms with E-state index in [0.29, 0.717) is 26.2 Å². The number of carbonyl (C=O) groups is 1. The summed E-state index contributed by atoms with van der Waals surface area (Å²) in [6.07, 6.45) is 0.428. The largest absolute Gasteiger partial charge is 0.380 e. The Morgan fingerprint density at radius 3 is 3.12 bits per heavy atom. The molecule has 0 aromatic heterocycles. The van der Waals surface area contributed by atoms with Crippen molar-refractivity contribution in [3.05, 3.63) is 0 Å². The van der Waals surface area contributed by atoms with Gasteiger partial charge in [0.25, 0.3) is 0 Å². The fraction of sp³-hybridized carbons (Fsp3) is 0.909. The summed E-state index contributed by atoms with van der Waals surface area (Å²) in [6.45, 7) is 7.43. The molecule has 1 amide bonds. The molecule has 0 spiro atoms. The Bertz CT molecular complexity index is 205. The van der Waals surface area contributed by atoms with Crippen LogP contribution in [0.15, 0.2) is 0 Å². The van der Waals surface area contributed by atoms with Crippen molar-refractivity contribution in [2.24, 2.45) is 0 Å². The van der Waals surface area contributed by atoms with Gasteiger partial charge in [-0.05, 0) is 13.8 Å². The lowest BCUT2D eigenvalue weighted by molar-refractivity contribution is -0.125. The van der Waals surface area contributed by atoms with Gasteiger partial charge in [-0.2, -0.15) is 0 Å². The van der Waals surface area contributed by atoms with E-state index in [0.717, 1.165) is 13.1 Å². The molecule has 2 unspecified atom stereocenters. The Labute approximate surface area is 96.9 Å². The van der Waals surface area contributed by atoms with Crippen LogP contribution in [-0.4, -0.2) is 51.0 Å². The molecular formula is C11H22N2O3. The van der Waals surface area contributed by atoms with Gasteiger partial charge in [0.1, 0.15) is 0 Å². The first-order chi connectivity index (χ1) is 7.72. The molecule has 0 bridgehead atoms. The number of hydrogen-bond acceptors (Lipinski definition) is 4. The second-order valence-electron chi connectivity index (χ2n) is 4.03. The highest BCUT2D eigenvalue weighted by Gasteiger charge is 2.18. The smallest absolute Gasteiger partial charge is 0.222 e. The third kappa shape index (κ3) is 5.44. The molecule has 0 radical (unpaired) electrons. The molecule has 1 saturated heterocycles. The van der Waals surface area contributed by atoms with Crippen molar-refractivity contribution >= 4 is 5.91 Å². The van der Waals surface area contributed by atoms with Gasteiger partial charge in [-0.3, -0.25) is 4.79 Å². The molecule has 5 nitrogen and oxygen atoms in total. The molecule has 1 rings (SSSR count). The van der Waals surface area contributed by atoms with Crippen LogP contribution >= 0.6 is 0 Å². The van der Waals surface area contributed by atoms with Crippen LogP contribution in [0.4, 0.5) is 0 Å². The van der Waals surface area contributed by atoms with Crippen molar-refractivity contribution < 1.29 is 14.3 Å². The predicted octanol–water partition coefficient (Wildman–Crippen LogP) is -0.0939. The Morgan fingerprint density at radius 2 is 2.50 bits per heavy atom. The van der Waals surface area contributed by atoms with Crippen molar-refractivity contribution in [1.29, 1.82) is 0 Å². The summed E-state index contributed by atoms with van der Waals surface area (Å²) >= 11 is 0. The normalized spacial score (nSPS) is 22.8. The van der Waals surface area contributed by atoms with Crippen molar-refractivity contribution in [3.63, 3.8) is 0 Å². The monoisotopic (exact) mass is 230 g/mol. The van der Waals surface area contributed by atoms with E-state index in [4.69, 9.17) is 9.47 Å². The van der Waals surface area contributed by atoms with Gasteiger partial charge in [0.2, 0.25) is 5.91 Å². The number of hydrogen-bond donors (Lipinski definition) is 2. The van der Waals surface area contributed by atoms with Gasteiger partial charge in [0, 0.05) is 25.7 Å². The maximum Gasteiger partial charge on any atom is 0.222 e. The van der Waals surface area contributed by atoms with Crippen molar-refractivity contribution in [2.45, 2.75) is 32.4 Å². The van der Waals surface area contributed by atoms with Crippen LogP contribution in [-0.2, 0) is 14.3 Å². The van der Waals surface area contributed by atoms with E-state index in [2.05, 4.69) is 10.6 Å². The lowest BCUT2D eigenvalue weighted by Crippen LogP contribution is -2.43. The number of rotatable bonds is 6. The van der Waals surface area contributed by atoms with Crippen LogP contribution < -0.4 is 10.6 Å². The third-order valence-electron chi connectivity index (χ3n) is 2.40. The SMILES string of the molecule is CCOCC(C)NC(=O)CC1CNCCO1. The van der Waals surface area contributed by atoms with E-state index in [1.165, 1.54) is 0 Å². The molecule has 2 atom stereocenters. The van der Waals surface area contributed by atoms with Crippen molar-refractivity contribution in [1.82, 2.24) is 10.6 Å². The zero-order chi connectivity index (χ0) is 11.8. The molecule has 1 aliphatic heterocycles. The van der Waals surface area contributed by atoms with Crippen LogP contribution in [0.1, 0.15) is 20.3 Å². The minimum atomic E-state index is 0.00745. The summed E-state index contributed by atoms with van der Waals surface area (Å²) in [5, 5.41) is 6.09. The van der Waals surface area contributed by atoms with E-state index in [1.807, 2.05) is 13.8 Å². The maximum absolute atomic E-state index is 11.6. The van der Waals surface area contributed by atoms with Crippen molar-refractivity contribution in [3.8, 4) is 0 Å². The maximum atomic E-state index is 11.6. The first-order valence-electron chi connectivity index (χ1n) is 5.91. The van der Waals surface area contributed by atoms with E-state index >= 15 is 0 Å². The van der Waals surface area contributed by atoms with Gasteiger partial charge in [0.15, 0.2) is 0 Å².